The lowest BCUT2D eigenvalue weighted by Gasteiger charge is -2.18. The molecule has 106 valence electrons. The molecule has 0 aliphatic rings. The summed E-state index contributed by atoms with van der Waals surface area (Å²) in [6.07, 6.45) is 0.867. The Morgan fingerprint density at radius 2 is 1.75 bits per heavy atom. The second-order valence-electron chi connectivity index (χ2n) is 6.19. The highest BCUT2D eigenvalue weighted by Crippen LogP contribution is 2.23. The zero-order valence-electron chi connectivity index (χ0n) is 12.8. The van der Waals surface area contributed by atoms with Crippen LogP contribution in [-0.2, 0) is 6.42 Å². The van der Waals surface area contributed by atoms with Gasteiger partial charge in [-0.1, -0.05) is 51.1 Å². The van der Waals surface area contributed by atoms with E-state index in [9.17, 15) is 0 Å². The fraction of sp³-hybridized carbons (Fsp3) is 0.412. The van der Waals surface area contributed by atoms with Crippen LogP contribution in [0.4, 0.5) is 5.82 Å². The van der Waals surface area contributed by atoms with Crippen LogP contribution in [-0.4, -0.2) is 16.5 Å². The Hall–Kier alpha value is -1.90. The molecule has 1 N–H and O–H groups in total. The van der Waals surface area contributed by atoms with Crippen molar-refractivity contribution < 1.29 is 0 Å². The van der Waals surface area contributed by atoms with Gasteiger partial charge < -0.3 is 5.32 Å². The summed E-state index contributed by atoms with van der Waals surface area (Å²) in [6.45, 7) is 9.56. The maximum absolute atomic E-state index is 4.72. The van der Waals surface area contributed by atoms with Crippen LogP contribution in [0.15, 0.2) is 36.4 Å². The standard InChI is InChI=1S/C17H23N3/c1-5-18-15-11-14(13-9-7-6-8-10-13)19-16(20-15)12-17(2,3)4/h6-11H,5,12H2,1-4H3,(H,18,19,20). The number of nitrogens with zero attached hydrogens (tertiary/aromatic N) is 2. The Morgan fingerprint density at radius 3 is 2.35 bits per heavy atom. The highest BCUT2D eigenvalue weighted by Gasteiger charge is 2.15. The van der Waals surface area contributed by atoms with E-state index in [1.807, 2.05) is 24.3 Å². The fourth-order valence-electron chi connectivity index (χ4n) is 2.08. The lowest BCUT2D eigenvalue weighted by Crippen LogP contribution is -2.13. The number of aromatic nitrogens is 2. The van der Waals surface area contributed by atoms with Crippen molar-refractivity contribution in [2.75, 3.05) is 11.9 Å². The molecule has 0 amide bonds. The molecule has 0 saturated carbocycles. The smallest absolute Gasteiger partial charge is 0.131 e. The van der Waals surface area contributed by atoms with E-state index in [0.29, 0.717) is 0 Å². The SMILES string of the molecule is CCNc1cc(-c2ccccc2)nc(CC(C)(C)C)n1. The molecule has 0 aliphatic carbocycles. The predicted molar refractivity (Wildman–Crippen MR) is 84.8 cm³/mol. The van der Waals surface area contributed by atoms with Crippen LogP contribution >= 0.6 is 0 Å². The minimum Gasteiger partial charge on any atom is -0.370 e. The van der Waals surface area contributed by atoms with Gasteiger partial charge in [0.2, 0.25) is 0 Å². The summed E-state index contributed by atoms with van der Waals surface area (Å²) in [5, 5.41) is 3.29. The van der Waals surface area contributed by atoms with Gasteiger partial charge in [-0.2, -0.15) is 0 Å². The Morgan fingerprint density at radius 1 is 1.05 bits per heavy atom. The maximum Gasteiger partial charge on any atom is 0.131 e. The van der Waals surface area contributed by atoms with Crippen molar-refractivity contribution in [2.45, 2.75) is 34.1 Å². The largest absolute Gasteiger partial charge is 0.370 e. The van der Waals surface area contributed by atoms with Crippen LogP contribution in [0.2, 0.25) is 0 Å². The quantitative estimate of drug-likeness (QED) is 0.905. The molecule has 0 saturated heterocycles. The van der Waals surface area contributed by atoms with Crippen LogP contribution in [0, 0.1) is 5.41 Å². The average Bonchev–Trinajstić information content (AvgIpc) is 2.38. The molecule has 2 aromatic rings. The van der Waals surface area contributed by atoms with Gasteiger partial charge in [0.15, 0.2) is 0 Å². The topological polar surface area (TPSA) is 37.8 Å². The first-order valence-electron chi connectivity index (χ1n) is 7.15. The lowest BCUT2D eigenvalue weighted by atomic mass is 9.92. The van der Waals surface area contributed by atoms with Crippen molar-refractivity contribution in [3.8, 4) is 11.3 Å². The molecule has 0 atom stereocenters. The highest BCUT2D eigenvalue weighted by molar-refractivity contribution is 5.62. The van der Waals surface area contributed by atoms with Crippen molar-refractivity contribution in [1.29, 1.82) is 0 Å². The van der Waals surface area contributed by atoms with Crippen molar-refractivity contribution in [3.63, 3.8) is 0 Å². The molecule has 0 radical (unpaired) electrons. The second-order valence-corrected chi connectivity index (χ2v) is 6.19. The molecular weight excluding hydrogens is 246 g/mol. The predicted octanol–water partition coefficient (Wildman–Crippen LogP) is 4.16. The van der Waals surface area contributed by atoms with Crippen LogP contribution < -0.4 is 5.32 Å². The first kappa shape index (κ1) is 14.5. The van der Waals surface area contributed by atoms with E-state index in [1.54, 1.807) is 0 Å². The third-order valence-electron chi connectivity index (χ3n) is 2.89. The number of anilines is 1. The van der Waals surface area contributed by atoms with Gasteiger partial charge in [-0.25, -0.2) is 9.97 Å². The molecule has 1 heterocycles. The number of hydrogen-bond donors (Lipinski definition) is 1. The molecule has 0 spiro atoms. The molecule has 20 heavy (non-hydrogen) atoms. The van der Waals surface area contributed by atoms with Crippen molar-refractivity contribution in [2.24, 2.45) is 5.41 Å². The van der Waals surface area contributed by atoms with Gasteiger partial charge in [0.1, 0.15) is 11.6 Å². The monoisotopic (exact) mass is 269 g/mol. The molecule has 0 bridgehead atoms. The summed E-state index contributed by atoms with van der Waals surface area (Å²) in [7, 11) is 0. The Bertz CT molecular complexity index is 556. The second kappa shape index (κ2) is 6.04. The van der Waals surface area contributed by atoms with Crippen molar-refractivity contribution in [3.05, 3.63) is 42.2 Å². The number of benzene rings is 1. The van der Waals surface area contributed by atoms with E-state index in [-0.39, 0.29) is 5.41 Å². The maximum atomic E-state index is 4.72. The number of rotatable bonds is 4. The van der Waals surface area contributed by atoms with Crippen LogP contribution in [0.1, 0.15) is 33.5 Å². The first-order valence-corrected chi connectivity index (χ1v) is 7.15. The average molecular weight is 269 g/mol. The molecule has 0 aliphatic heterocycles. The van der Waals surface area contributed by atoms with E-state index in [0.717, 1.165) is 35.9 Å². The molecular formula is C17H23N3. The van der Waals surface area contributed by atoms with Gasteiger partial charge in [0, 0.05) is 24.6 Å². The van der Waals surface area contributed by atoms with E-state index < -0.39 is 0 Å². The van der Waals surface area contributed by atoms with Crippen LogP contribution in [0.3, 0.4) is 0 Å². The molecule has 3 heteroatoms. The fourth-order valence-corrected chi connectivity index (χ4v) is 2.08. The van der Waals surface area contributed by atoms with Gasteiger partial charge in [0.25, 0.3) is 0 Å². The number of nitrogens with one attached hydrogen (secondary N) is 1. The van der Waals surface area contributed by atoms with Gasteiger partial charge in [-0.15, -0.1) is 0 Å². The van der Waals surface area contributed by atoms with Gasteiger partial charge in [0.05, 0.1) is 5.69 Å². The van der Waals surface area contributed by atoms with Crippen molar-refractivity contribution in [1.82, 2.24) is 9.97 Å². The summed E-state index contributed by atoms with van der Waals surface area (Å²) in [5.74, 6) is 1.80. The van der Waals surface area contributed by atoms with Crippen LogP contribution in [0.25, 0.3) is 11.3 Å². The highest BCUT2D eigenvalue weighted by atomic mass is 15.0. The summed E-state index contributed by atoms with van der Waals surface area (Å²) in [6, 6.07) is 12.3. The zero-order chi connectivity index (χ0) is 14.6. The first-order chi connectivity index (χ1) is 9.48. The van der Waals surface area contributed by atoms with Gasteiger partial charge in [-0.05, 0) is 12.3 Å². The van der Waals surface area contributed by atoms with E-state index in [1.165, 1.54) is 0 Å². The molecule has 2 rings (SSSR count). The Labute approximate surface area is 121 Å². The Balaban J connectivity index is 2.41. The molecule has 3 nitrogen and oxygen atoms in total. The normalized spacial score (nSPS) is 11.4. The summed E-state index contributed by atoms with van der Waals surface area (Å²) >= 11 is 0. The zero-order valence-corrected chi connectivity index (χ0v) is 12.8. The van der Waals surface area contributed by atoms with Gasteiger partial charge >= 0.3 is 0 Å². The lowest BCUT2D eigenvalue weighted by molar-refractivity contribution is 0.401. The van der Waals surface area contributed by atoms with Crippen LogP contribution in [0.5, 0.6) is 0 Å². The molecule has 1 aromatic heterocycles. The van der Waals surface area contributed by atoms with E-state index in [2.05, 4.69) is 50.1 Å². The minimum atomic E-state index is 0.179. The summed E-state index contributed by atoms with van der Waals surface area (Å²) < 4.78 is 0. The summed E-state index contributed by atoms with van der Waals surface area (Å²) in [4.78, 5) is 9.33. The number of hydrogen-bond acceptors (Lipinski definition) is 3. The Kier molecular flexibility index (Phi) is 4.38. The van der Waals surface area contributed by atoms with E-state index in [4.69, 9.17) is 4.98 Å². The minimum absolute atomic E-state index is 0.179. The molecule has 1 aromatic carbocycles. The molecule has 0 unspecified atom stereocenters. The van der Waals surface area contributed by atoms with Crippen molar-refractivity contribution >= 4 is 5.82 Å². The third kappa shape index (κ3) is 4.05. The van der Waals surface area contributed by atoms with E-state index >= 15 is 0 Å². The molecule has 0 fully saturated rings. The third-order valence-corrected chi connectivity index (χ3v) is 2.89. The summed E-state index contributed by atoms with van der Waals surface area (Å²) in [5.41, 5.74) is 2.29. The van der Waals surface area contributed by atoms with Gasteiger partial charge in [-0.3, -0.25) is 0 Å².